The lowest BCUT2D eigenvalue weighted by molar-refractivity contribution is -0.135. The molecule has 1 saturated heterocycles. The van der Waals surface area contributed by atoms with E-state index in [1.54, 1.807) is 4.90 Å². The summed E-state index contributed by atoms with van der Waals surface area (Å²) in [6, 6.07) is 15.1. The van der Waals surface area contributed by atoms with Crippen molar-refractivity contribution in [1.82, 2.24) is 10.2 Å². The zero-order valence-corrected chi connectivity index (χ0v) is 16.4. The summed E-state index contributed by atoms with van der Waals surface area (Å²) in [5.41, 5.74) is 2.89. The molecule has 2 atom stereocenters. The van der Waals surface area contributed by atoms with E-state index >= 15 is 0 Å². The number of benzene rings is 2. The van der Waals surface area contributed by atoms with Gasteiger partial charge in [0.15, 0.2) is 0 Å². The number of nitrogens with one attached hydrogen (secondary N) is 1. The molecule has 1 fully saturated rings. The molecule has 1 N–H and O–H groups in total. The summed E-state index contributed by atoms with van der Waals surface area (Å²) in [5.74, 6) is -0.546. The zero-order valence-electron chi connectivity index (χ0n) is 16.4. The largest absolute Gasteiger partial charge is 0.325 e. The SMILES string of the molecule is C[C@H]1Cc2ccccc2N1C(=O)CN1C(=O)N[C@@]2(CCCc3ccccc32)C1=O. The van der Waals surface area contributed by atoms with Crippen molar-refractivity contribution in [3.8, 4) is 0 Å². The topological polar surface area (TPSA) is 69.7 Å². The van der Waals surface area contributed by atoms with Crippen molar-refractivity contribution in [2.75, 3.05) is 11.4 Å². The summed E-state index contributed by atoms with van der Waals surface area (Å²) in [6.45, 7) is 1.75. The van der Waals surface area contributed by atoms with Gasteiger partial charge in [-0.15, -0.1) is 0 Å². The van der Waals surface area contributed by atoms with Gasteiger partial charge in [0.1, 0.15) is 12.1 Å². The molecular formula is C23H23N3O3. The van der Waals surface area contributed by atoms with Gasteiger partial charge in [0.25, 0.3) is 5.91 Å². The van der Waals surface area contributed by atoms with Crippen molar-refractivity contribution >= 4 is 23.5 Å². The van der Waals surface area contributed by atoms with Crippen molar-refractivity contribution in [3.05, 3.63) is 65.2 Å². The maximum atomic E-state index is 13.4. The number of imide groups is 1. The van der Waals surface area contributed by atoms with Crippen LogP contribution in [0, 0.1) is 0 Å². The number of hydrogen-bond donors (Lipinski definition) is 1. The summed E-state index contributed by atoms with van der Waals surface area (Å²) in [6.07, 6.45) is 3.05. The minimum absolute atomic E-state index is 0.00466. The lowest BCUT2D eigenvalue weighted by atomic mass is 9.76. The van der Waals surface area contributed by atoms with Crippen molar-refractivity contribution in [2.24, 2.45) is 0 Å². The van der Waals surface area contributed by atoms with Gasteiger partial charge in [-0.05, 0) is 55.4 Å². The molecule has 29 heavy (non-hydrogen) atoms. The fourth-order valence-corrected chi connectivity index (χ4v) is 5.11. The fraction of sp³-hybridized carbons (Fsp3) is 0.348. The van der Waals surface area contributed by atoms with Gasteiger partial charge in [-0.3, -0.25) is 14.5 Å². The Kier molecular flexibility index (Phi) is 3.98. The third-order valence-corrected chi connectivity index (χ3v) is 6.42. The Morgan fingerprint density at radius 3 is 2.66 bits per heavy atom. The Morgan fingerprint density at radius 1 is 1.10 bits per heavy atom. The molecule has 1 aliphatic carbocycles. The second-order valence-electron chi connectivity index (χ2n) is 8.18. The monoisotopic (exact) mass is 389 g/mol. The molecule has 1 spiro atoms. The van der Waals surface area contributed by atoms with E-state index in [2.05, 4.69) is 5.32 Å². The van der Waals surface area contributed by atoms with Gasteiger partial charge in [0.2, 0.25) is 5.91 Å². The summed E-state index contributed by atoms with van der Waals surface area (Å²) >= 11 is 0. The highest BCUT2D eigenvalue weighted by Gasteiger charge is 2.54. The quantitative estimate of drug-likeness (QED) is 0.803. The Balaban J connectivity index is 1.43. The van der Waals surface area contributed by atoms with Crippen molar-refractivity contribution in [1.29, 1.82) is 0 Å². The van der Waals surface area contributed by atoms with Crippen LogP contribution < -0.4 is 10.2 Å². The number of hydrogen-bond acceptors (Lipinski definition) is 3. The highest BCUT2D eigenvalue weighted by Crippen LogP contribution is 2.40. The predicted molar refractivity (Wildman–Crippen MR) is 108 cm³/mol. The van der Waals surface area contributed by atoms with Gasteiger partial charge in [0.05, 0.1) is 0 Å². The van der Waals surface area contributed by atoms with E-state index in [0.717, 1.165) is 46.5 Å². The molecule has 5 rings (SSSR count). The molecule has 6 heteroatoms. The van der Waals surface area contributed by atoms with Crippen LogP contribution in [0.2, 0.25) is 0 Å². The average molecular weight is 389 g/mol. The van der Waals surface area contributed by atoms with E-state index in [0.29, 0.717) is 6.42 Å². The first-order chi connectivity index (χ1) is 14.0. The van der Waals surface area contributed by atoms with E-state index in [-0.39, 0.29) is 24.4 Å². The van der Waals surface area contributed by atoms with E-state index < -0.39 is 11.6 Å². The first-order valence-electron chi connectivity index (χ1n) is 10.1. The number of carbonyl (C=O) groups excluding carboxylic acids is 3. The second-order valence-corrected chi connectivity index (χ2v) is 8.18. The molecule has 4 amide bonds. The van der Waals surface area contributed by atoms with Crippen molar-refractivity contribution in [3.63, 3.8) is 0 Å². The van der Waals surface area contributed by atoms with Gasteiger partial charge >= 0.3 is 6.03 Å². The smallest absolute Gasteiger partial charge is 0.319 e. The molecule has 2 heterocycles. The van der Waals surface area contributed by atoms with Crippen LogP contribution in [-0.4, -0.2) is 35.3 Å². The average Bonchev–Trinajstić information content (AvgIpc) is 3.17. The van der Waals surface area contributed by atoms with Crippen LogP contribution in [0.15, 0.2) is 48.5 Å². The van der Waals surface area contributed by atoms with Crippen LogP contribution in [0.25, 0.3) is 0 Å². The molecule has 0 saturated carbocycles. The molecule has 0 unspecified atom stereocenters. The van der Waals surface area contributed by atoms with Gasteiger partial charge in [-0.25, -0.2) is 4.79 Å². The first kappa shape index (κ1) is 17.9. The Bertz CT molecular complexity index is 1030. The minimum atomic E-state index is -1.04. The maximum absolute atomic E-state index is 13.4. The Hall–Kier alpha value is -3.15. The molecular weight excluding hydrogens is 366 g/mol. The van der Waals surface area contributed by atoms with Gasteiger partial charge < -0.3 is 10.2 Å². The Morgan fingerprint density at radius 2 is 1.83 bits per heavy atom. The molecule has 6 nitrogen and oxygen atoms in total. The number of nitrogens with zero attached hydrogens (tertiary/aromatic N) is 2. The highest BCUT2D eigenvalue weighted by molar-refractivity contribution is 6.11. The third kappa shape index (κ3) is 2.58. The lowest BCUT2D eigenvalue weighted by Gasteiger charge is -2.33. The van der Waals surface area contributed by atoms with Crippen LogP contribution in [0.3, 0.4) is 0 Å². The highest BCUT2D eigenvalue weighted by atomic mass is 16.2. The van der Waals surface area contributed by atoms with E-state index in [9.17, 15) is 14.4 Å². The van der Waals surface area contributed by atoms with Crippen LogP contribution >= 0.6 is 0 Å². The fourth-order valence-electron chi connectivity index (χ4n) is 5.11. The predicted octanol–water partition coefficient (Wildman–Crippen LogP) is 2.75. The molecule has 2 aromatic carbocycles. The van der Waals surface area contributed by atoms with Crippen LogP contribution in [-0.2, 0) is 28.0 Å². The molecule has 2 aromatic rings. The van der Waals surface area contributed by atoms with Gasteiger partial charge in [-0.2, -0.15) is 0 Å². The first-order valence-corrected chi connectivity index (χ1v) is 10.1. The van der Waals surface area contributed by atoms with Crippen molar-refractivity contribution in [2.45, 2.75) is 44.2 Å². The summed E-state index contributed by atoms with van der Waals surface area (Å²) in [4.78, 5) is 42.1. The normalized spacial score (nSPS) is 25.2. The van der Waals surface area contributed by atoms with Gasteiger partial charge in [0, 0.05) is 11.7 Å². The molecule has 3 aliphatic rings. The van der Waals surface area contributed by atoms with E-state index in [4.69, 9.17) is 0 Å². The van der Waals surface area contributed by atoms with Crippen LogP contribution in [0.5, 0.6) is 0 Å². The number of urea groups is 1. The number of rotatable bonds is 2. The zero-order chi connectivity index (χ0) is 20.2. The van der Waals surface area contributed by atoms with E-state index in [1.807, 2.05) is 55.5 Å². The number of amides is 4. The van der Waals surface area contributed by atoms with Crippen LogP contribution in [0.1, 0.15) is 36.5 Å². The Labute approximate surface area is 169 Å². The minimum Gasteiger partial charge on any atom is -0.319 e. The molecule has 0 radical (unpaired) electrons. The summed E-state index contributed by atoms with van der Waals surface area (Å²) in [5, 5.41) is 2.92. The number of aryl methyl sites for hydroxylation is 1. The van der Waals surface area contributed by atoms with Crippen LogP contribution in [0.4, 0.5) is 10.5 Å². The number of carbonyl (C=O) groups is 3. The van der Waals surface area contributed by atoms with Crippen molar-refractivity contribution < 1.29 is 14.4 Å². The lowest BCUT2D eigenvalue weighted by Crippen LogP contribution is -2.48. The van der Waals surface area contributed by atoms with E-state index in [1.165, 1.54) is 0 Å². The molecule has 2 aliphatic heterocycles. The summed E-state index contributed by atoms with van der Waals surface area (Å²) < 4.78 is 0. The maximum Gasteiger partial charge on any atom is 0.325 e. The second kappa shape index (κ2) is 6.44. The molecule has 0 aromatic heterocycles. The summed E-state index contributed by atoms with van der Waals surface area (Å²) in [7, 11) is 0. The van der Waals surface area contributed by atoms with Gasteiger partial charge in [-0.1, -0.05) is 42.5 Å². The number of anilines is 1. The standard InChI is InChI=1S/C23H23N3O3/c1-15-13-17-8-3-5-11-19(17)26(15)20(27)14-25-21(28)23(24-22(25)29)12-6-9-16-7-2-4-10-18(16)23/h2-5,7-8,10-11,15H,6,9,12-14H2,1H3,(H,24,29)/t15-,23+/m0/s1. The third-order valence-electron chi connectivity index (χ3n) is 6.42. The number of fused-ring (bicyclic) bond motifs is 3. The number of para-hydroxylation sites is 1. The molecule has 148 valence electrons. The molecule has 0 bridgehead atoms.